The van der Waals surface area contributed by atoms with Gasteiger partial charge in [-0.25, -0.2) is 8.42 Å². The fraction of sp³-hybridized carbons (Fsp3) is 0.750. The summed E-state index contributed by atoms with van der Waals surface area (Å²) in [6.07, 6.45) is 1.18. The Morgan fingerprint density at radius 1 is 1.62 bits per heavy atom. The highest BCUT2D eigenvalue weighted by Gasteiger charge is 2.23. The molecule has 0 aromatic carbocycles. The number of hydrogen-bond acceptors (Lipinski definition) is 4. The molecular formula is C8H14O4S. The van der Waals surface area contributed by atoms with Crippen LogP contribution in [0, 0.1) is 0 Å². The lowest BCUT2D eigenvalue weighted by molar-refractivity contribution is -0.0104. The average Bonchev–Trinajstić information content (AvgIpc) is 2.30. The highest BCUT2D eigenvalue weighted by atomic mass is 32.2. The van der Waals surface area contributed by atoms with Crippen LogP contribution in [-0.2, 0) is 19.3 Å². The molecule has 13 heavy (non-hydrogen) atoms. The molecule has 4 nitrogen and oxygen atoms in total. The molecule has 0 spiro atoms. The lowest BCUT2D eigenvalue weighted by Gasteiger charge is -2.15. The van der Waals surface area contributed by atoms with Gasteiger partial charge in [-0.2, -0.15) is 0 Å². The second-order valence-electron chi connectivity index (χ2n) is 3.10. The highest BCUT2D eigenvalue weighted by Crippen LogP contribution is 2.13. The average molecular weight is 206 g/mol. The molecule has 0 amide bonds. The van der Waals surface area contributed by atoms with E-state index in [1.807, 2.05) is 6.92 Å². The van der Waals surface area contributed by atoms with E-state index < -0.39 is 9.84 Å². The van der Waals surface area contributed by atoms with Crippen LogP contribution in [0.4, 0.5) is 0 Å². The minimum atomic E-state index is -3.00. The van der Waals surface area contributed by atoms with E-state index in [0.717, 1.165) is 0 Å². The molecule has 1 aliphatic rings. The minimum absolute atomic E-state index is 0.0566. The maximum Gasteiger partial charge on any atom is 0.174 e. The normalized spacial score (nSPS) is 27.7. The van der Waals surface area contributed by atoms with E-state index in [1.54, 1.807) is 13.2 Å². The maximum absolute atomic E-state index is 11.0. The minimum Gasteiger partial charge on any atom is -0.382 e. The van der Waals surface area contributed by atoms with E-state index in [1.165, 1.54) is 5.41 Å². The van der Waals surface area contributed by atoms with Crippen molar-refractivity contribution in [3.05, 3.63) is 11.5 Å². The molecule has 0 aromatic rings. The molecule has 5 heteroatoms. The van der Waals surface area contributed by atoms with Gasteiger partial charge < -0.3 is 9.47 Å². The van der Waals surface area contributed by atoms with Gasteiger partial charge in [-0.3, -0.25) is 0 Å². The van der Waals surface area contributed by atoms with Crippen LogP contribution in [0.5, 0.6) is 0 Å². The fourth-order valence-electron chi connectivity index (χ4n) is 1.20. The van der Waals surface area contributed by atoms with E-state index in [9.17, 15) is 8.42 Å². The number of ether oxygens (including phenoxy) is 2. The Labute approximate surface area is 78.5 Å². The van der Waals surface area contributed by atoms with Crippen molar-refractivity contribution in [1.29, 1.82) is 0 Å². The lowest BCUT2D eigenvalue weighted by Crippen LogP contribution is -2.24. The Bertz CT molecular complexity index is 281. The molecule has 1 rings (SSSR count). The summed E-state index contributed by atoms with van der Waals surface area (Å²) in [5.74, 6) is 0.0566. The van der Waals surface area contributed by atoms with E-state index in [0.29, 0.717) is 6.61 Å². The number of methoxy groups -OCH3 is 1. The molecule has 76 valence electrons. The zero-order chi connectivity index (χ0) is 9.90. The van der Waals surface area contributed by atoms with Crippen LogP contribution in [0.25, 0.3) is 0 Å². The van der Waals surface area contributed by atoms with Crippen molar-refractivity contribution in [2.24, 2.45) is 0 Å². The summed E-state index contributed by atoms with van der Waals surface area (Å²) >= 11 is 0. The zero-order valence-electron chi connectivity index (χ0n) is 7.76. The van der Waals surface area contributed by atoms with Gasteiger partial charge in [0.1, 0.15) is 0 Å². The van der Waals surface area contributed by atoms with E-state index in [2.05, 4.69) is 0 Å². The van der Waals surface area contributed by atoms with Crippen molar-refractivity contribution in [2.75, 3.05) is 19.5 Å². The van der Waals surface area contributed by atoms with Crippen molar-refractivity contribution in [3.63, 3.8) is 0 Å². The molecule has 1 aliphatic heterocycles. The van der Waals surface area contributed by atoms with Crippen molar-refractivity contribution in [3.8, 4) is 0 Å². The third-order valence-corrected chi connectivity index (χ3v) is 3.07. The standard InChI is InChI=1S/C8H14O4S/c1-7(5-11-2)12-8-3-4-13(9,10)6-8/h3-4,7-8H,5-6H2,1-2H3. The summed E-state index contributed by atoms with van der Waals surface area (Å²) in [6.45, 7) is 2.33. The Kier molecular flexibility index (Phi) is 3.47. The van der Waals surface area contributed by atoms with Crippen molar-refractivity contribution < 1.29 is 17.9 Å². The molecule has 0 N–H and O–H groups in total. The summed E-state index contributed by atoms with van der Waals surface area (Å²) in [4.78, 5) is 0. The topological polar surface area (TPSA) is 52.6 Å². The Balaban J connectivity index is 2.37. The summed E-state index contributed by atoms with van der Waals surface area (Å²) in [6, 6.07) is 0. The first-order chi connectivity index (χ1) is 6.03. The van der Waals surface area contributed by atoms with Crippen LogP contribution >= 0.6 is 0 Å². The molecule has 0 fully saturated rings. The first-order valence-electron chi connectivity index (χ1n) is 4.09. The zero-order valence-corrected chi connectivity index (χ0v) is 8.58. The third-order valence-electron chi connectivity index (χ3n) is 1.71. The van der Waals surface area contributed by atoms with Gasteiger partial charge in [0.15, 0.2) is 9.84 Å². The van der Waals surface area contributed by atoms with Gasteiger partial charge >= 0.3 is 0 Å². The van der Waals surface area contributed by atoms with Crippen LogP contribution in [0.2, 0.25) is 0 Å². The fourth-order valence-corrected chi connectivity index (χ4v) is 2.38. The number of hydrogen-bond donors (Lipinski definition) is 0. The van der Waals surface area contributed by atoms with Gasteiger partial charge in [0.25, 0.3) is 0 Å². The molecular weight excluding hydrogens is 192 g/mol. The van der Waals surface area contributed by atoms with Gasteiger partial charge in [0, 0.05) is 12.5 Å². The number of sulfone groups is 1. The molecule has 0 saturated heterocycles. The van der Waals surface area contributed by atoms with Gasteiger partial charge in [0.05, 0.1) is 24.6 Å². The molecule has 2 unspecified atom stereocenters. The quantitative estimate of drug-likeness (QED) is 0.666. The van der Waals surface area contributed by atoms with Crippen LogP contribution in [0.15, 0.2) is 11.5 Å². The van der Waals surface area contributed by atoms with E-state index in [4.69, 9.17) is 9.47 Å². The smallest absolute Gasteiger partial charge is 0.174 e. The van der Waals surface area contributed by atoms with E-state index >= 15 is 0 Å². The van der Waals surface area contributed by atoms with Crippen LogP contribution in [0.3, 0.4) is 0 Å². The molecule has 0 aliphatic carbocycles. The van der Waals surface area contributed by atoms with Gasteiger partial charge in [-0.05, 0) is 13.0 Å². The molecule has 0 saturated carbocycles. The van der Waals surface area contributed by atoms with Crippen LogP contribution < -0.4 is 0 Å². The highest BCUT2D eigenvalue weighted by molar-refractivity contribution is 7.94. The molecule has 0 aromatic heterocycles. The SMILES string of the molecule is COCC(C)OC1C=CS(=O)(=O)C1. The van der Waals surface area contributed by atoms with Crippen molar-refractivity contribution >= 4 is 9.84 Å². The predicted octanol–water partition coefficient (Wildman–Crippen LogP) is 0.349. The van der Waals surface area contributed by atoms with Gasteiger partial charge in [-0.1, -0.05) is 0 Å². The first kappa shape index (κ1) is 10.7. The van der Waals surface area contributed by atoms with Crippen molar-refractivity contribution in [2.45, 2.75) is 19.1 Å². The van der Waals surface area contributed by atoms with Crippen molar-refractivity contribution in [1.82, 2.24) is 0 Å². The molecule has 0 bridgehead atoms. The first-order valence-corrected chi connectivity index (χ1v) is 5.80. The largest absolute Gasteiger partial charge is 0.382 e. The summed E-state index contributed by atoms with van der Waals surface area (Å²) < 4.78 is 32.2. The lowest BCUT2D eigenvalue weighted by atomic mass is 10.3. The van der Waals surface area contributed by atoms with Crippen LogP contribution in [0.1, 0.15) is 6.92 Å². The monoisotopic (exact) mass is 206 g/mol. The third kappa shape index (κ3) is 3.46. The summed E-state index contributed by atoms with van der Waals surface area (Å²) in [5, 5.41) is 1.21. The summed E-state index contributed by atoms with van der Waals surface area (Å²) in [5.41, 5.74) is 0. The molecule has 0 radical (unpaired) electrons. The molecule has 1 heterocycles. The predicted molar refractivity (Wildman–Crippen MR) is 49.1 cm³/mol. The Morgan fingerprint density at radius 3 is 2.77 bits per heavy atom. The molecule has 2 atom stereocenters. The second-order valence-corrected chi connectivity index (χ2v) is 5.03. The van der Waals surface area contributed by atoms with Gasteiger partial charge in [0.2, 0.25) is 0 Å². The van der Waals surface area contributed by atoms with E-state index in [-0.39, 0.29) is 18.0 Å². The second kappa shape index (κ2) is 4.21. The maximum atomic E-state index is 11.0. The van der Waals surface area contributed by atoms with Crippen LogP contribution in [-0.4, -0.2) is 40.1 Å². The van der Waals surface area contributed by atoms with Gasteiger partial charge in [-0.15, -0.1) is 0 Å². The Morgan fingerprint density at radius 2 is 2.31 bits per heavy atom. The Hall–Kier alpha value is -0.390. The summed E-state index contributed by atoms with van der Waals surface area (Å²) in [7, 11) is -1.42. The number of rotatable bonds is 4.